The van der Waals surface area contributed by atoms with E-state index in [1.165, 1.54) is 0 Å². The van der Waals surface area contributed by atoms with Crippen molar-refractivity contribution >= 4 is 17.5 Å². The van der Waals surface area contributed by atoms with Crippen molar-refractivity contribution in [3.8, 4) is 0 Å². The number of anilines is 1. The van der Waals surface area contributed by atoms with Crippen LogP contribution in [0.4, 0.5) is 32.0 Å². The summed E-state index contributed by atoms with van der Waals surface area (Å²) in [6.07, 6.45) is -8.95. The van der Waals surface area contributed by atoms with E-state index in [1.54, 1.807) is 59.5 Å². The molecular formula is C35H31F6N3O2. The standard InChI is InChI=1S/C35H31F6N3O2/c36-34(37,38)27-20-24(21-28(22-27)35(39,40)41)23-42-32(45)31(25-10-4-1-5-11-25)43-18-16-30(17-19-43)44(29-14-8-3-9-15-29)33(46)26-12-6-2-7-13-26/h1-15,20-22,30-31H,16-19,23H2,(H,42,45). The van der Waals surface area contributed by atoms with E-state index >= 15 is 0 Å². The quantitative estimate of drug-likeness (QED) is 0.200. The molecule has 4 aromatic rings. The highest BCUT2D eigenvalue weighted by molar-refractivity contribution is 6.06. The summed E-state index contributed by atoms with van der Waals surface area (Å²) in [6.45, 7) is 0.286. The molecule has 1 saturated heterocycles. The third-order valence-electron chi connectivity index (χ3n) is 7.98. The van der Waals surface area contributed by atoms with E-state index in [4.69, 9.17) is 0 Å². The van der Waals surface area contributed by atoms with Gasteiger partial charge >= 0.3 is 12.4 Å². The minimum absolute atomic E-state index is 0.0590. The van der Waals surface area contributed by atoms with Crippen LogP contribution in [0.1, 0.15) is 51.5 Å². The van der Waals surface area contributed by atoms with Gasteiger partial charge in [0, 0.05) is 36.9 Å². The van der Waals surface area contributed by atoms with E-state index in [9.17, 15) is 35.9 Å². The van der Waals surface area contributed by atoms with Gasteiger partial charge in [-0.15, -0.1) is 0 Å². The van der Waals surface area contributed by atoms with Gasteiger partial charge in [0.1, 0.15) is 6.04 Å². The maximum atomic E-state index is 13.7. The Bertz CT molecular complexity index is 1590. The molecule has 1 atom stereocenters. The van der Waals surface area contributed by atoms with E-state index in [-0.39, 0.29) is 23.6 Å². The summed E-state index contributed by atoms with van der Waals surface area (Å²) in [5.74, 6) is -0.710. The lowest BCUT2D eigenvalue weighted by molar-refractivity contribution is -0.143. The molecule has 0 aliphatic carbocycles. The first-order valence-electron chi connectivity index (χ1n) is 14.7. The molecule has 4 aromatic carbocycles. The number of nitrogens with one attached hydrogen (secondary N) is 1. The van der Waals surface area contributed by atoms with E-state index in [2.05, 4.69) is 5.32 Å². The smallest absolute Gasteiger partial charge is 0.350 e. The molecule has 1 fully saturated rings. The van der Waals surface area contributed by atoms with Crippen molar-refractivity contribution in [2.24, 2.45) is 0 Å². The number of para-hydroxylation sites is 1. The number of benzene rings is 4. The van der Waals surface area contributed by atoms with Crippen LogP contribution in [0, 0.1) is 0 Å². The Kier molecular flexibility index (Phi) is 9.81. The van der Waals surface area contributed by atoms with Crippen LogP contribution in [0.15, 0.2) is 109 Å². The van der Waals surface area contributed by atoms with Crippen LogP contribution >= 0.6 is 0 Å². The molecule has 1 aliphatic heterocycles. The van der Waals surface area contributed by atoms with Gasteiger partial charge in [0.15, 0.2) is 0 Å². The monoisotopic (exact) mass is 639 g/mol. The number of piperidine rings is 1. The summed E-state index contributed by atoms with van der Waals surface area (Å²) in [4.78, 5) is 31.0. The second kappa shape index (κ2) is 13.8. The Hall–Kier alpha value is -4.64. The molecule has 46 heavy (non-hydrogen) atoms. The molecule has 1 aliphatic rings. The van der Waals surface area contributed by atoms with E-state index in [1.807, 2.05) is 41.3 Å². The summed E-state index contributed by atoms with van der Waals surface area (Å²) >= 11 is 0. The number of carbonyl (C=O) groups excluding carboxylic acids is 2. The summed E-state index contributed by atoms with van der Waals surface area (Å²) in [6, 6.07) is 27.3. The number of hydrogen-bond donors (Lipinski definition) is 1. The molecule has 240 valence electrons. The molecular weight excluding hydrogens is 608 g/mol. The second-order valence-corrected chi connectivity index (χ2v) is 11.1. The van der Waals surface area contributed by atoms with Gasteiger partial charge in [-0.2, -0.15) is 26.3 Å². The Morgan fingerprint density at radius 1 is 0.739 bits per heavy atom. The Balaban J connectivity index is 1.35. The third-order valence-corrected chi connectivity index (χ3v) is 7.98. The molecule has 0 bridgehead atoms. The first kappa shape index (κ1) is 32.7. The maximum absolute atomic E-state index is 13.7. The number of carbonyl (C=O) groups is 2. The third kappa shape index (κ3) is 7.77. The fourth-order valence-electron chi connectivity index (χ4n) is 5.78. The first-order valence-corrected chi connectivity index (χ1v) is 14.7. The molecule has 5 nitrogen and oxygen atoms in total. The van der Waals surface area contributed by atoms with Crippen LogP contribution < -0.4 is 10.2 Å². The van der Waals surface area contributed by atoms with Crippen LogP contribution in [-0.4, -0.2) is 35.8 Å². The van der Waals surface area contributed by atoms with Gasteiger partial charge in [-0.25, -0.2) is 0 Å². The number of alkyl halides is 6. The molecule has 1 N–H and O–H groups in total. The Labute approximate surface area is 262 Å². The summed E-state index contributed by atoms with van der Waals surface area (Å²) in [5.41, 5.74) is -1.30. The molecule has 0 aromatic heterocycles. The number of halogens is 6. The van der Waals surface area contributed by atoms with E-state index < -0.39 is 42.0 Å². The number of rotatable bonds is 8. The Morgan fingerprint density at radius 2 is 1.24 bits per heavy atom. The molecule has 2 amide bonds. The summed E-state index contributed by atoms with van der Waals surface area (Å²) in [5, 5.41) is 2.57. The van der Waals surface area contributed by atoms with Gasteiger partial charge in [-0.1, -0.05) is 66.7 Å². The molecule has 0 radical (unpaired) electrons. The lowest BCUT2D eigenvalue weighted by Gasteiger charge is -2.41. The van der Waals surface area contributed by atoms with Crippen LogP contribution in [0.3, 0.4) is 0 Å². The van der Waals surface area contributed by atoms with Crippen LogP contribution in [0.5, 0.6) is 0 Å². The highest BCUT2D eigenvalue weighted by Gasteiger charge is 2.38. The average molecular weight is 640 g/mol. The fraction of sp³-hybridized carbons (Fsp3) is 0.257. The van der Waals surface area contributed by atoms with Crippen molar-refractivity contribution in [2.75, 3.05) is 18.0 Å². The number of likely N-dealkylation sites (tertiary alicyclic amines) is 1. The predicted molar refractivity (Wildman–Crippen MR) is 162 cm³/mol. The lowest BCUT2D eigenvalue weighted by atomic mass is 9.96. The lowest BCUT2D eigenvalue weighted by Crippen LogP contribution is -2.50. The Morgan fingerprint density at radius 3 is 1.76 bits per heavy atom. The largest absolute Gasteiger partial charge is 0.416 e. The van der Waals surface area contributed by atoms with Crippen LogP contribution in [-0.2, 0) is 23.7 Å². The molecule has 1 heterocycles. The molecule has 11 heteroatoms. The highest BCUT2D eigenvalue weighted by atomic mass is 19.4. The second-order valence-electron chi connectivity index (χ2n) is 11.1. The zero-order chi connectivity index (χ0) is 32.9. The van der Waals surface area contributed by atoms with Gasteiger partial charge in [-0.05, 0) is 66.4 Å². The van der Waals surface area contributed by atoms with Gasteiger partial charge in [-0.3, -0.25) is 14.5 Å². The highest BCUT2D eigenvalue weighted by Crippen LogP contribution is 2.36. The SMILES string of the molecule is O=C(NCc1cc(C(F)(F)F)cc(C(F)(F)F)c1)C(c1ccccc1)N1CCC(N(C(=O)c2ccccc2)c2ccccc2)CC1. The van der Waals surface area contributed by atoms with Gasteiger partial charge in [0.05, 0.1) is 11.1 Å². The van der Waals surface area contributed by atoms with Gasteiger partial charge in [0.2, 0.25) is 5.91 Å². The predicted octanol–water partition coefficient (Wildman–Crippen LogP) is 7.89. The fourth-order valence-corrected chi connectivity index (χ4v) is 5.78. The molecule has 0 saturated carbocycles. The first-order chi connectivity index (χ1) is 21.9. The summed E-state index contributed by atoms with van der Waals surface area (Å²) < 4.78 is 80.3. The van der Waals surface area contributed by atoms with Crippen molar-refractivity contribution in [2.45, 2.75) is 43.8 Å². The van der Waals surface area contributed by atoms with Crippen molar-refractivity contribution in [3.63, 3.8) is 0 Å². The van der Waals surface area contributed by atoms with Gasteiger partial charge < -0.3 is 10.2 Å². The molecule has 1 unspecified atom stereocenters. The zero-order valence-corrected chi connectivity index (χ0v) is 24.6. The van der Waals surface area contributed by atoms with Crippen molar-refractivity contribution in [1.29, 1.82) is 0 Å². The number of nitrogens with zero attached hydrogens (tertiary/aromatic N) is 2. The average Bonchev–Trinajstić information content (AvgIpc) is 3.05. The van der Waals surface area contributed by atoms with Crippen molar-refractivity contribution in [1.82, 2.24) is 10.2 Å². The van der Waals surface area contributed by atoms with E-state index in [0.717, 1.165) is 5.69 Å². The normalized spacial score (nSPS) is 15.3. The van der Waals surface area contributed by atoms with Crippen molar-refractivity contribution < 1.29 is 35.9 Å². The van der Waals surface area contributed by atoms with E-state index in [0.29, 0.717) is 49.2 Å². The zero-order valence-electron chi connectivity index (χ0n) is 24.6. The van der Waals surface area contributed by atoms with Crippen LogP contribution in [0.2, 0.25) is 0 Å². The topological polar surface area (TPSA) is 52.7 Å². The summed E-state index contributed by atoms with van der Waals surface area (Å²) in [7, 11) is 0. The molecule has 0 spiro atoms. The van der Waals surface area contributed by atoms with Crippen LogP contribution in [0.25, 0.3) is 0 Å². The van der Waals surface area contributed by atoms with Gasteiger partial charge in [0.25, 0.3) is 5.91 Å². The van der Waals surface area contributed by atoms with Crippen molar-refractivity contribution in [3.05, 3.63) is 137 Å². The maximum Gasteiger partial charge on any atom is 0.416 e. The molecule has 5 rings (SSSR count). The minimum Gasteiger partial charge on any atom is -0.350 e. The number of amides is 2. The minimum atomic E-state index is -4.99. The number of hydrogen-bond acceptors (Lipinski definition) is 3.